The van der Waals surface area contributed by atoms with Crippen LogP contribution in [0.1, 0.15) is 25.5 Å². The highest BCUT2D eigenvalue weighted by atomic mass is 35.5. The number of guanidine groups is 1. The number of nitrogens with one attached hydrogen (secondary N) is 1. The quantitative estimate of drug-likeness (QED) is 0.580. The number of hydrogen-bond acceptors (Lipinski definition) is 4. The molecular formula is C21H32ClN5O2. The number of rotatable bonds is 5. The Morgan fingerprint density at radius 3 is 2.48 bits per heavy atom. The van der Waals surface area contributed by atoms with Gasteiger partial charge >= 0.3 is 0 Å². The number of carbonyl (C=O) groups excluding carboxylic acids is 1. The van der Waals surface area contributed by atoms with Crippen molar-refractivity contribution in [3.63, 3.8) is 0 Å². The number of nitrogens with zero attached hydrogens (tertiary/aromatic N) is 4. The minimum absolute atomic E-state index is 0.139. The molecule has 0 radical (unpaired) electrons. The lowest BCUT2D eigenvalue weighted by atomic mass is 10.0. The van der Waals surface area contributed by atoms with Crippen molar-refractivity contribution >= 4 is 23.5 Å². The third-order valence-corrected chi connectivity index (χ3v) is 5.73. The molecule has 1 aromatic carbocycles. The second kappa shape index (κ2) is 10.8. The number of ether oxygens (including phenoxy) is 1. The van der Waals surface area contributed by atoms with E-state index in [0.717, 1.165) is 70.0 Å². The van der Waals surface area contributed by atoms with E-state index < -0.39 is 0 Å². The zero-order chi connectivity index (χ0) is 20.6. The summed E-state index contributed by atoms with van der Waals surface area (Å²) in [5.41, 5.74) is 1.18. The molecule has 3 rings (SSSR count). The van der Waals surface area contributed by atoms with Crippen LogP contribution in [0.2, 0.25) is 5.02 Å². The standard InChI is InChI=1S/C21H32ClN5O2/c1-3-23-21(27-9-7-25(8-10-27)17(2)28)24-16-20(26-11-13-29-14-12-26)18-5-4-6-19(22)15-18/h4-6,15,20H,3,7-14,16H2,1-2H3,(H,23,24). The molecular weight excluding hydrogens is 390 g/mol. The molecule has 8 heteroatoms. The number of carbonyl (C=O) groups is 1. The van der Waals surface area contributed by atoms with Crippen molar-refractivity contribution in [3.05, 3.63) is 34.9 Å². The number of hydrogen-bond donors (Lipinski definition) is 1. The van der Waals surface area contributed by atoms with Gasteiger partial charge < -0.3 is 19.9 Å². The van der Waals surface area contributed by atoms with Crippen LogP contribution >= 0.6 is 11.6 Å². The second-order valence-corrected chi connectivity index (χ2v) is 7.84. The van der Waals surface area contributed by atoms with Gasteiger partial charge in [0.05, 0.1) is 25.8 Å². The largest absolute Gasteiger partial charge is 0.379 e. The SMILES string of the molecule is CCNC(=NCC(c1cccc(Cl)c1)N1CCOCC1)N1CCN(C(C)=O)CC1. The summed E-state index contributed by atoms with van der Waals surface area (Å²) in [6, 6.07) is 8.23. The Hall–Kier alpha value is -1.83. The molecule has 160 valence electrons. The third kappa shape index (κ3) is 6.07. The summed E-state index contributed by atoms with van der Waals surface area (Å²) >= 11 is 6.27. The van der Waals surface area contributed by atoms with Gasteiger partial charge in [-0.1, -0.05) is 23.7 Å². The first-order chi connectivity index (χ1) is 14.1. The van der Waals surface area contributed by atoms with E-state index in [0.29, 0.717) is 6.54 Å². The molecule has 2 fully saturated rings. The fourth-order valence-electron chi connectivity index (χ4n) is 3.87. The van der Waals surface area contributed by atoms with Crippen LogP contribution < -0.4 is 5.32 Å². The molecule has 1 amide bonds. The molecule has 2 aliphatic heterocycles. The third-order valence-electron chi connectivity index (χ3n) is 5.49. The van der Waals surface area contributed by atoms with Gasteiger partial charge in [0.2, 0.25) is 5.91 Å². The van der Waals surface area contributed by atoms with E-state index in [1.165, 1.54) is 5.56 Å². The van der Waals surface area contributed by atoms with Crippen molar-refractivity contribution in [2.45, 2.75) is 19.9 Å². The number of amides is 1. The molecule has 1 N–H and O–H groups in total. The fraction of sp³-hybridized carbons (Fsp3) is 0.619. The molecule has 0 aromatic heterocycles. The average Bonchev–Trinajstić information content (AvgIpc) is 2.74. The summed E-state index contributed by atoms with van der Waals surface area (Å²) in [6.07, 6.45) is 0. The molecule has 0 saturated carbocycles. The van der Waals surface area contributed by atoms with Crippen LogP contribution in [0, 0.1) is 0 Å². The van der Waals surface area contributed by atoms with Crippen LogP contribution in [-0.2, 0) is 9.53 Å². The Bertz CT molecular complexity index is 700. The highest BCUT2D eigenvalue weighted by molar-refractivity contribution is 6.30. The van der Waals surface area contributed by atoms with Gasteiger partial charge in [-0.15, -0.1) is 0 Å². The predicted molar refractivity (Wildman–Crippen MR) is 116 cm³/mol. The Morgan fingerprint density at radius 1 is 1.17 bits per heavy atom. The lowest BCUT2D eigenvalue weighted by molar-refractivity contribution is -0.130. The zero-order valence-corrected chi connectivity index (χ0v) is 18.2. The topological polar surface area (TPSA) is 60.4 Å². The first kappa shape index (κ1) is 21.9. The molecule has 1 atom stereocenters. The summed E-state index contributed by atoms with van der Waals surface area (Å²) in [4.78, 5) is 23.2. The van der Waals surface area contributed by atoms with Gasteiger partial charge in [-0.2, -0.15) is 0 Å². The summed E-state index contributed by atoms with van der Waals surface area (Å²) in [5, 5.41) is 4.17. The van der Waals surface area contributed by atoms with Crippen molar-refractivity contribution in [3.8, 4) is 0 Å². The predicted octanol–water partition coefficient (Wildman–Crippen LogP) is 1.84. The first-order valence-corrected chi connectivity index (χ1v) is 10.8. The number of aliphatic imine (C=N–C) groups is 1. The van der Waals surface area contributed by atoms with E-state index in [-0.39, 0.29) is 11.9 Å². The highest BCUT2D eigenvalue weighted by Crippen LogP contribution is 2.25. The molecule has 2 saturated heterocycles. The highest BCUT2D eigenvalue weighted by Gasteiger charge is 2.25. The lowest BCUT2D eigenvalue weighted by Gasteiger charge is -2.37. The molecule has 29 heavy (non-hydrogen) atoms. The van der Waals surface area contributed by atoms with Gasteiger partial charge in [0.25, 0.3) is 0 Å². The van der Waals surface area contributed by atoms with Crippen LogP contribution in [0.15, 0.2) is 29.3 Å². The van der Waals surface area contributed by atoms with E-state index in [1.54, 1.807) is 6.92 Å². The van der Waals surface area contributed by atoms with Gasteiger partial charge in [-0.05, 0) is 24.6 Å². The molecule has 7 nitrogen and oxygen atoms in total. The Kier molecular flexibility index (Phi) is 8.15. The van der Waals surface area contributed by atoms with Gasteiger partial charge in [0.15, 0.2) is 5.96 Å². The van der Waals surface area contributed by atoms with Crippen molar-refractivity contribution in [1.82, 2.24) is 20.0 Å². The summed E-state index contributed by atoms with van der Waals surface area (Å²) in [6.45, 7) is 11.5. The van der Waals surface area contributed by atoms with E-state index in [2.05, 4.69) is 28.1 Å². The van der Waals surface area contributed by atoms with Crippen molar-refractivity contribution in [2.24, 2.45) is 4.99 Å². The second-order valence-electron chi connectivity index (χ2n) is 7.41. The maximum atomic E-state index is 11.6. The zero-order valence-electron chi connectivity index (χ0n) is 17.4. The van der Waals surface area contributed by atoms with Crippen LogP contribution in [0.3, 0.4) is 0 Å². The van der Waals surface area contributed by atoms with Gasteiger partial charge in [0, 0.05) is 57.8 Å². The lowest BCUT2D eigenvalue weighted by Crippen LogP contribution is -2.53. The molecule has 1 aromatic rings. The molecule has 1 unspecified atom stereocenters. The average molecular weight is 422 g/mol. The van der Waals surface area contributed by atoms with E-state index in [9.17, 15) is 4.79 Å². The summed E-state index contributed by atoms with van der Waals surface area (Å²) in [5.74, 6) is 1.05. The van der Waals surface area contributed by atoms with Crippen LogP contribution in [0.4, 0.5) is 0 Å². The minimum atomic E-state index is 0.139. The van der Waals surface area contributed by atoms with Gasteiger partial charge in [0.1, 0.15) is 0 Å². The van der Waals surface area contributed by atoms with E-state index in [4.69, 9.17) is 21.3 Å². The van der Waals surface area contributed by atoms with Crippen molar-refractivity contribution < 1.29 is 9.53 Å². The van der Waals surface area contributed by atoms with Crippen LogP contribution in [-0.4, -0.2) is 92.1 Å². The van der Waals surface area contributed by atoms with E-state index in [1.807, 2.05) is 23.1 Å². The van der Waals surface area contributed by atoms with Gasteiger partial charge in [-0.25, -0.2) is 0 Å². The normalized spacial score (nSPS) is 19.9. The number of morpholine rings is 1. The Balaban J connectivity index is 1.75. The van der Waals surface area contributed by atoms with Crippen LogP contribution in [0.5, 0.6) is 0 Å². The number of benzene rings is 1. The Labute approximate surface area is 178 Å². The molecule has 0 aliphatic carbocycles. The molecule has 2 heterocycles. The van der Waals surface area contributed by atoms with Gasteiger partial charge in [-0.3, -0.25) is 14.7 Å². The summed E-state index contributed by atoms with van der Waals surface area (Å²) < 4.78 is 5.54. The monoisotopic (exact) mass is 421 g/mol. The Morgan fingerprint density at radius 2 is 1.86 bits per heavy atom. The smallest absolute Gasteiger partial charge is 0.219 e. The van der Waals surface area contributed by atoms with E-state index >= 15 is 0 Å². The maximum absolute atomic E-state index is 11.6. The molecule has 0 spiro atoms. The summed E-state index contributed by atoms with van der Waals surface area (Å²) in [7, 11) is 0. The number of piperazine rings is 1. The van der Waals surface area contributed by atoms with Crippen molar-refractivity contribution in [2.75, 3.05) is 65.6 Å². The van der Waals surface area contributed by atoms with Crippen molar-refractivity contribution in [1.29, 1.82) is 0 Å². The first-order valence-electron chi connectivity index (χ1n) is 10.4. The minimum Gasteiger partial charge on any atom is -0.379 e. The fourth-order valence-corrected chi connectivity index (χ4v) is 4.07. The number of halogens is 1. The molecule has 0 bridgehead atoms. The molecule has 2 aliphatic rings. The van der Waals surface area contributed by atoms with Crippen LogP contribution in [0.25, 0.3) is 0 Å². The maximum Gasteiger partial charge on any atom is 0.219 e.